The summed E-state index contributed by atoms with van der Waals surface area (Å²) >= 11 is 0. The van der Waals surface area contributed by atoms with E-state index in [1.807, 2.05) is 6.07 Å². The number of benzene rings is 1. The zero-order valence-corrected chi connectivity index (χ0v) is 12.2. The monoisotopic (exact) mass is 293 g/mol. The lowest BCUT2D eigenvalue weighted by Crippen LogP contribution is -2.44. The Balaban J connectivity index is 2.50. The van der Waals surface area contributed by atoms with Crippen molar-refractivity contribution in [1.29, 1.82) is 0 Å². The molecule has 1 aliphatic rings. The van der Waals surface area contributed by atoms with Crippen LogP contribution in [-0.2, 0) is 25.3 Å². The van der Waals surface area contributed by atoms with E-state index in [1.54, 1.807) is 31.2 Å². The van der Waals surface area contributed by atoms with Crippen LogP contribution in [0, 0.1) is 0 Å². The molecule has 2 atom stereocenters. The van der Waals surface area contributed by atoms with Gasteiger partial charge in [-0.15, -0.1) is 5.10 Å². The number of nitrogens with one attached hydrogen (secondary N) is 1. The van der Waals surface area contributed by atoms with Gasteiger partial charge in [-0.05, 0) is 12.5 Å². The van der Waals surface area contributed by atoms with E-state index in [9.17, 15) is 13.8 Å². The highest BCUT2D eigenvalue weighted by atomic mass is 32.2. The van der Waals surface area contributed by atoms with Gasteiger partial charge >= 0.3 is 0 Å². The Kier molecular flexibility index (Phi) is 3.71. The highest BCUT2D eigenvalue weighted by molar-refractivity contribution is 8.01. The van der Waals surface area contributed by atoms with Crippen molar-refractivity contribution in [3.05, 3.63) is 35.9 Å². The van der Waals surface area contributed by atoms with Gasteiger partial charge in [0.05, 0.1) is 0 Å². The first-order valence-corrected chi connectivity index (χ1v) is 7.16. The number of carbonyl (C=O) groups excluding carboxylic acids is 2. The summed E-state index contributed by atoms with van der Waals surface area (Å²) in [5, 5.41) is 7.58. The lowest BCUT2D eigenvalue weighted by molar-refractivity contribution is -0.132. The quantitative estimate of drug-likeness (QED) is 0.834. The molecule has 20 heavy (non-hydrogen) atoms. The molecule has 6 nitrogen and oxygen atoms in total. The molecule has 0 bridgehead atoms. The number of hydrogen-bond donors (Lipinski definition) is 1. The summed E-state index contributed by atoms with van der Waals surface area (Å²) in [4.78, 5) is 21.8. The van der Waals surface area contributed by atoms with Crippen LogP contribution < -0.4 is 5.32 Å². The molecule has 7 heteroatoms. The zero-order valence-electron chi connectivity index (χ0n) is 11.4. The van der Waals surface area contributed by atoms with Crippen LogP contribution in [0.3, 0.4) is 0 Å². The highest BCUT2D eigenvalue weighted by Crippen LogP contribution is 2.37. The number of nitrogens with zero attached hydrogens (tertiary/aromatic N) is 2. The molecular formula is C13H15N3O3S. The fraction of sp³-hybridized carbons (Fsp3) is 0.308. The fourth-order valence-electron chi connectivity index (χ4n) is 2.06. The van der Waals surface area contributed by atoms with Crippen molar-refractivity contribution in [2.24, 2.45) is 5.10 Å². The second-order valence-corrected chi connectivity index (χ2v) is 6.25. The summed E-state index contributed by atoms with van der Waals surface area (Å²) < 4.78 is 12.6. The third-order valence-electron chi connectivity index (χ3n) is 3.02. The smallest absolute Gasteiger partial charge is 0.241 e. The van der Waals surface area contributed by atoms with E-state index in [2.05, 4.69) is 10.4 Å². The van der Waals surface area contributed by atoms with Crippen molar-refractivity contribution in [3.63, 3.8) is 0 Å². The van der Waals surface area contributed by atoms with Crippen LogP contribution in [-0.4, -0.2) is 26.2 Å². The van der Waals surface area contributed by atoms with Crippen molar-refractivity contribution >= 4 is 27.8 Å². The molecular weight excluding hydrogens is 278 g/mol. The molecule has 0 unspecified atom stereocenters. The first-order chi connectivity index (χ1) is 9.37. The van der Waals surface area contributed by atoms with E-state index in [1.165, 1.54) is 13.8 Å². The van der Waals surface area contributed by atoms with Gasteiger partial charge in [0.25, 0.3) is 0 Å². The maximum absolute atomic E-state index is 12.6. The third-order valence-corrected chi connectivity index (χ3v) is 4.69. The minimum Gasteiger partial charge on any atom is -0.302 e. The third kappa shape index (κ3) is 2.24. The lowest BCUT2D eigenvalue weighted by Gasteiger charge is -2.30. The van der Waals surface area contributed by atoms with E-state index in [0.29, 0.717) is 5.56 Å². The van der Waals surface area contributed by atoms with Crippen LogP contribution in [0.15, 0.2) is 35.4 Å². The Morgan fingerprint density at radius 1 is 1.25 bits per heavy atom. The van der Waals surface area contributed by atoms with Crippen LogP contribution in [0.4, 0.5) is 0 Å². The molecule has 0 aliphatic carbocycles. The van der Waals surface area contributed by atoms with E-state index in [0.717, 1.165) is 5.01 Å². The van der Waals surface area contributed by atoms with E-state index < -0.39 is 15.7 Å². The van der Waals surface area contributed by atoms with Gasteiger partial charge in [0.1, 0.15) is 10.8 Å². The van der Waals surface area contributed by atoms with Gasteiger partial charge in [-0.25, -0.2) is 9.22 Å². The number of carbonyl (C=O) groups is 2. The van der Waals surface area contributed by atoms with E-state index in [4.69, 9.17) is 0 Å². The zero-order chi connectivity index (χ0) is 14.9. The van der Waals surface area contributed by atoms with E-state index >= 15 is 0 Å². The van der Waals surface area contributed by atoms with Crippen molar-refractivity contribution in [1.82, 2.24) is 10.3 Å². The Labute approximate surface area is 119 Å². The second-order valence-electron chi connectivity index (χ2n) is 4.53. The van der Waals surface area contributed by atoms with Gasteiger partial charge in [-0.1, -0.05) is 30.3 Å². The Bertz CT molecular complexity index is 615. The Morgan fingerprint density at radius 3 is 2.35 bits per heavy atom. The Hall–Kier alpha value is -2.02. The fourth-order valence-corrected chi connectivity index (χ4v) is 3.50. The van der Waals surface area contributed by atoms with Crippen molar-refractivity contribution in [2.75, 3.05) is 0 Å². The van der Waals surface area contributed by atoms with Crippen molar-refractivity contribution < 1.29 is 13.8 Å². The number of rotatable bonds is 1. The van der Waals surface area contributed by atoms with Gasteiger partial charge in [0.15, 0.2) is 4.87 Å². The average molecular weight is 293 g/mol. The minimum atomic E-state index is -1.66. The molecule has 1 N–H and O–H groups in total. The molecule has 1 aromatic carbocycles. The number of hydrazone groups is 1. The highest BCUT2D eigenvalue weighted by Gasteiger charge is 2.49. The molecule has 0 saturated carbocycles. The molecule has 2 amide bonds. The van der Waals surface area contributed by atoms with Gasteiger partial charge in [0, 0.05) is 13.8 Å². The SMILES string of the molecule is CC(=O)NC1=NN(C(C)=O)[C@@](C)(c2ccccc2)[S@@]1=O. The molecule has 0 saturated heterocycles. The molecule has 0 fully saturated rings. The van der Waals surface area contributed by atoms with Gasteiger partial charge in [-0.3, -0.25) is 9.59 Å². The summed E-state index contributed by atoms with van der Waals surface area (Å²) in [5.74, 6) is -0.719. The van der Waals surface area contributed by atoms with Crippen LogP contribution in [0.2, 0.25) is 0 Å². The molecule has 106 valence electrons. The molecule has 1 aromatic rings. The predicted molar refractivity (Wildman–Crippen MR) is 75.7 cm³/mol. The first kappa shape index (κ1) is 14.4. The predicted octanol–water partition coefficient (Wildman–Crippen LogP) is 0.877. The van der Waals surface area contributed by atoms with Crippen molar-refractivity contribution in [2.45, 2.75) is 25.6 Å². The summed E-state index contributed by atoms with van der Waals surface area (Å²) in [6, 6.07) is 8.98. The van der Waals surface area contributed by atoms with Crippen LogP contribution in [0.5, 0.6) is 0 Å². The van der Waals surface area contributed by atoms with E-state index in [-0.39, 0.29) is 17.0 Å². The van der Waals surface area contributed by atoms with Crippen LogP contribution >= 0.6 is 0 Å². The molecule has 0 radical (unpaired) electrons. The second kappa shape index (κ2) is 5.16. The lowest BCUT2D eigenvalue weighted by atomic mass is 10.1. The van der Waals surface area contributed by atoms with Gasteiger partial charge in [0.2, 0.25) is 17.0 Å². The normalized spacial score (nSPS) is 25.2. The largest absolute Gasteiger partial charge is 0.302 e. The molecule has 1 heterocycles. The average Bonchev–Trinajstić information content (AvgIpc) is 2.65. The standard InChI is InChI=1S/C13H15N3O3S/c1-9(17)14-12-15-16(10(2)18)13(3,20(12)19)11-7-5-4-6-8-11/h4-8H,1-3H3,(H,14,15,17)/t13-,20-/m1/s1. The summed E-state index contributed by atoms with van der Waals surface area (Å²) in [6.07, 6.45) is 0. The maximum atomic E-state index is 12.6. The first-order valence-electron chi connectivity index (χ1n) is 6.01. The van der Waals surface area contributed by atoms with Crippen molar-refractivity contribution in [3.8, 4) is 0 Å². The van der Waals surface area contributed by atoms with Gasteiger partial charge < -0.3 is 5.32 Å². The number of hydrogen-bond acceptors (Lipinski definition) is 4. The minimum absolute atomic E-state index is 0.000877. The van der Waals surface area contributed by atoms with Crippen LogP contribution in [0.1, 0.15) is 26.3 Å². The molecule has 2 rings (SSSR count). The number of amides is 2. The molecule has 1 aliphatic heterocycles. The number of amidine groups is 1. The molecule has 0 spiro atoms. The van der Waals surface area contributed by atoms with Gasteiger partial charge in [-0.2, -0.15) is 0 Å². The summed E-state index contributed by atoms with van der Waals surface area (Å²) in [6.45, 7) is 4.31. The summed E-state index contributed by atoms with van der Waals surface area (Å²) in [5.41, 5.74) is 0.692. The molecule has 0 aromatic heterocycles. The Morgan fingerprint density at radius 2 is 1.85 bits per heavy atom. The van der Waals surface area contributed by atoms with Crippen LogP contribution in [0.25, 0.3) is 0 Å². The summed E-state index contributed by atoms with van der Waals surface area (Å²) in [7, 11) is -1.66. The maximum Gasteiger partial charge on any atom is 0.241 e. The topological polar surface area (TPSA) is 78.8 Å².